The van der Waals surface area contributed by atoms with Crippen LogP contribution in [0.5, 0.6) is 0 Å². The second-order valence-corrected chi connectivity index (χ2v) is 4.25. The molecule has 0 unspecified atom stereocenters. The minimum atomic E-state index is -0.571. The number of pyridine rings is 1. The molecule has 0 aliphatic heterocycles. The lowest BCUT2D eigenvalue weighted by Crippen LogP contribution is -2.18. The SMILES string of the molecule is CC(C)(O)CCCc1ccnc(N)c1. The van der Waals surface area contributed by atoms with Crippen LogP contribution in [0, 0.1) is 0 Å². The number of nitrogen functional groups attached to an aromatic ring is 1. The quantitative estimate of drug-likeness (QED) is 0.767. The van der Waals surface area contributed by atoms with Gasteiger partial charge in [0, 0.05) is 6.20 Å². The first kappa shape index (κ1) is 11.0. The van der Waals surface area contributed by atoms with Gasteiger partial charge in [-0.1, -0.05) is 0 Å². The number of nitrogens with two attached hydrogens (primary N) is 1. The van der Waals surface area contributed by atoms with Crippen molar-refractivity contribution in [2.24, 2.45) is 0 Å². The summed E-state index contributed by atoms with van der Waals surface area (Å²) in [5.41, 5.74) is 6.17. The molecule has 0 fully saturated rings. The Kier molecular flexibility index (Phi) is 3.47. The number of hydrogen-bond donors (Lipinski definition) is 2. The Morgan fingerprint density at radius 2 is 2.21 bits per heavy atom. The van der Waals surface area contributed by atoms with E-state index in [4.69, 9.17) is 5.73 Å². The summed E-state index contributed by atoms with van der Waals surface area (Å²) in [6, 6.07) is 3.84. The fourth-order valence-corrected chi connectivity index (χ4v) is 1.38. The van der Waals surface area contributed by atoms with Crippen LogP contribution in [0.1, 0.15) is 32.3 Å². The zero-order chi connectivity index (χ0) is 10.6. The highest BCUT2D eigenvalue weighted by atomic mass is 16.3. The lowest BCUT2D eigenvalue weighted by molar-refractivity contribution is 0.0689. The van der Waals surface area contributed by atoms with Gasteiger partial charge in [-0.2, -0.15) is 0 Å². The Bertz CT molecular complexity index is 292. The van der Waals surface area contributed by atoms with E-state index in [1.54, 1.807) is 6.20 Å². The summed E-state index contributed by atoms with van der Waals surface area (Å²) in [7, 11) is 0. The van der Waals surface area contributed by atoms with Gasteiger partial charge in [0.25, 0.3) is 0 Å². The standard InChI is InChI=1S/C11H18N2O/c1-11(2,14)6-3-4-9-5-7-13-10(12)8-9/h5,7-8,14H,3-4,6H2,1-2H3,(H2,12,13). The van der Waals surface area contributed by atoms with Crippen LogP contribution in [0.3, 0.4) is 0 Å². The highest BCUT2D eigenvalue weighted by molar-refractivity contribution is 5.31. The zero-order valence-electron chi connectivity index (χ0n) is 8.83. The Labute approximate surface area is 85.0 Å². The second-order valence-electron chi connectivity index (χ2n) is 4.25. The molecule has 1 rings (SSSR count). The molecule has 3 heteroatoms. The van der Waals surface area contributed by atoms with Gasteiger partial charge in [-0.05, 0) is 50.8 Å². The molecule has 0 saturated heterocycles. The normalized spacial score (nSPS) is 11.6. The molecule has 0 spiro atoms. The number of rotatable bonds is 4. The van der Waals surface area contributed by atoms with Crippen molar-refractivity contribution in [3.63, 3.8) is 0 Å². The Hall–Kier alpha value is -1.09. The van der Waals surface area contributed by atoms with E-state index in [-0.39, 0.29) is 0 Å². The predicted molar refractivity (Wildman–Crippen MR) is 57.9 cm³/mol. The fourth-order valence-electron chi connectivity index (χ4n) is 1.38. The minimum absolute atomic E-state index is 0.561. The fraction of sp³-hybridized carbons (Fsp3) is 0.545. The van der Waals surface area contributed by atoms with Gasteiger partial charge in [0.2, 0.25) is 0 Å². The first-order chi connectivity index (χ1) is 6.47. The molecule has 1 aromatic heterocycles. The maximum absolute atomic E-state index is 9.51. The van der Waals surface area contributed by atoms with Crippen molar-refractivity contribution in [1.82, 2.24) is 4.98 Å². The highest BCUT2D eigenvalue weighted by Crippen LogP contribution is 2.14. The Morgan fingerprint density at radius 1 is 1.50 bits per heavy atom. The van der Waals surface area contributed by atoms with Gasteiger partial charge in [-0.3, -0.25) is 0 Å². The molecule has 0 saturated carbocycles. The molecule has 0 aliphatic rings. The van der Waals surface area contributed by atoms with Gasteiger partial charge in [-0.25, -0.2) is 4.98 Å². The summed E-state index contributed by atoms with van der Waals surface area (Å²) in [6.45, 7) is 3.65. The van der Waals surface area contributed by atoms with Crippen LogP contribution in [-0.2, 0) is 6.42 Å². The highest BCUT2D eigenvalue weighted by Gasteiger charge is 2.11. The van der Waals surface area contributed by atoms with Gasteiger partial charge in [-0.15, -0.1) is 0 Å². The molecule has 0 aliphatic carbocycles. The Balaban J connectivity index is 2.39. The van der Waals surface area contributed by atoms with E-state index in [1.807, 2.05) is 26.0 Å². The van der Waals surface area contributed by atoms with Crippen molar-refractivity contribution in [2.75, 3.05) is 5.73 Å². The number of aliphatic hydroxyl groups is 1. The first-order valence-electron chi connectivity index (χ1n) is 4.90. The molecule has 1 heterocycles. The zero-order valence-corrected chi connectivity index (χ0v) is 8.83. The second kappa shape index (κ2) is 4.42. The number of hydrogen-bond acceptors (Lipinski definition) is 3. The van der Waals surface area contributed by atoms with E-state index in [0.29, 0.717) is 5.82 Å². The average molecular weight is 194 g/mol. The third kappa shape index (κ3) is 4.23. The molecule has 3 nitrogen and oxygen atoms in total. The number of aromatic nitrogens is 1. The smallest absolute Gasteiger partial charge is 0.123 e. The lowest BCUT2D eigenvalue weighted by Gasteiger charge is -2.16. The van der Waals surface area contributed by atoms with E-state index in [0.717, 1.165) is 19.3 Å². The summed E-state index contributed by atoms with van der Waals surface area (Å²) in [4.78, 5) is 3.93. The van der Waals surface area contributed by atoms with Crippen LogP contribution in [0.25, 0.3) is 0 Å². The van der Waals surface area contributed by atoms with Crippen LogP contribution in [0.15, 0.2) is 18.3 Å². The van der Waals surface area contributed by atoms with Gasteiger partial charge < -0.3 is 10.8 Å². The topological polar surface area (TPSA) is 59.1 Å². The van der Waals surface area contributed by atoms with Crippen molar-refractivity contribution >= 4 is 5.82 Å². The molecular weight excluding hydrogens is 176 g/mol. The summed E-state index contributed by atoms with van der Waals surface area (Å²) in [5, 5.41) is 9.51. The first-order valence-corrected chi connectivity index (χ1v) is 4.90. The van der Waals surface area contributed by atoms with Crippen molar-refractivity contribution in [1.29, 1.82) is 0 Å². The Morgan fingerprint density at radius 3 is 2.79 bits per heavy atom. The lowest BCUT2D eigenvalue weighted by atomic mass is 9.99. The minimum Gasteiger partial charge on any atom is -0.390 e. The molecule has 0 atom stereocenters. The van der Waals surface area contributed by atoms with Gasteiger partial charge in [0.15, 0.2) is 0 Å². The molecule has 0 aromatic carbocycles. The van der Waals surface area contributed by atoms with Crippen molar-refractivity contribution in [2.45, 2.75) is 38.7 Å². The maximum atomic E-state index is 9.51. The molecule has 0 radical (unpaired) electrons. The summed E-state index contributed by atoms with van der Waals surface area (Å²) < 4.78 is 0. The van der Waals surface area contributed by atoms with Crippen LogP contribution < -0.4 is 5.73 Å². The van der Waals surface area contributed by atoms with Crippen molar-refractivity contribution in [3.05, 3.63) is 23.9 Å². The summed E-state index contributed by atoms with van der Waals surface area (Å²) in [5.74, 6) is 0.561. The molecule has 0 bridgehead atoms. The number of nitrogens with zero attached hydrogens (tertiary/aromatic N) is 1. The van der Waals surface area contributed by atoms with E-state index < -0.39 is 5.60 Å². The van der Waals surface area contributed by atoms with Crippen LogP contribution in [0.4, 0.5) is 5.82 Å². The van der Waals surface area contributed by atoms with Crippen molar-refractivity contribution < 1.29 is 5.11 Å². The summed E-state index contributed by atoms with van der Waals surface area (Å²) >= 11 is 0. The number of aryl methyl sites for hydroxylation is 1. The van der Waals surface area contributed by atoms with Gasteiger partial charge >= 0.3 is 0 Å². The molecule has 78 valence electrons. The van der Waals surface area contributed by atoms with Crippen molar-refractivity contribution in [3.8, 4) is 0 Å². The molecule has 1 aromatic rings. The van der Waals surface area contributed by atoms with Crippen LogP contribution in [-0.4, -0.2) is 15.7 Å². The van der Waals surface area contributed by atoms with Crippen LogP contribution in [0.2, 0.25) is 0 Å². The number of anilines is 1. The van der Waals surface area contributed by atoms with E-state index in [1.165, 1.54) is 5.56 Å². The van der Waals surface area contributed by atoms with E-state index in [2.05, 4.69) is 4.98 Å². The molecule has 0 amide bonds. The maximum Gasteiger partial charge on any atom is 0.123 e. The third-order valence-corrected chi connectivity index (χ3v) is 2.10. The predicted octanol–water partition coefficient (Wildman–Crippen LogP) is 1.76. The van der Waals surface area contributed by atoms with E-state index >= 15 is 0 Å². The van der Waals surface area contributed by atoms with Gasteiger partial charge in [0.1, 0.15) is 5.82 Å². The van der Waals surface area contributed by atoms with E-state index in [9.17, 15) is 5.11 Å². The van der Waals surface area contributed by atoms with Crippen LogP contribution >= 0.6 is 0 Å². The third-order valence-electron chi connectivity index (χ3n) is 2.10. The largest absolute Gasteiger partial charge is 0.390 e. The average Bonchev–Trinajstić information content (AvgIpc) is 2.01. The summed E-state index contributed by atoms with van der Waals surface area (Å²) in [6.07, 6.45) is 4.42. The molecule has 14 heavy (non-hydrogen) atoms. The molecular formula is C11H18N2O. The van der Waals surface area contributed by atoms with Gasteiger partial charge in [0.05, 0.1) is 5.60 Å². The monoisotopic (exact) mass is 194 g/mol. The molecule has 3 N–H and O–H groups in total.